The van der Waals surface area contributed by atoms with Gasteiger partial charge in [-0.3, -0.25) is 9.59 Å². The number of amides is 2. The normalized spacial score (nSPS) is 17.5. The molecule has 170 valence electrons. The van der Waals surface area contributed by atoms with E-state index in [0.29, 0.717) is 21.4 Å². The Bertz CT molecular complexity index is 1210. The van der Waals surface area contributed by atoms with Crippen molar-refractivity contribution < 1.29 is 18.4 Å². The van der Waals surface area contributed by atoms with Crippen molar-refractivity contribution in [3.63, 3.8) is 0 Å². The molecule has 3 aromatic rings. The lowest BCUT2D eigenvalue weighted by molar-refractivity contribution is -0.130. The number of halogens is 4. The summed E-state index contributed by atoms with van der Waals surface area (Å²) in [7, 11) is 0. The fourth-order valence-electron chi connectivity index (χ4n) is 3.84. The van der Waals surface area contributed by atoms with Crippen LogP contribution in [0.5, 0.6) is 0 Å². The third kappa shape index (κ3) is 5.67. The first kappa shape index (κ1) is 23.1. The van der Waals surface area contributed by atoms with Crippen LogP contribution in [0.4, 0.5) is 14.5 Å². The monoisotopic (exact) mass is 489 g/mol. The van der Waals surface area contributed by atoms with Crippen molar-refractivity contribution >= 4 is 40.7 Å². The molecule has 1 unspecified atom stereocenters. The molecule has 2 aromatic carbocycles. The van der Waals surface area contributed by atoms with Gasteiger partial charge >= 0.3 is 0 Å². The first-order chi connectivity index (χ1) is 15.7. The zero-order valence-electron chi connectivity index (χ0n) is 17.3. The Morgan fingerprint density at radius 1 is 1.03 bits per heavy atom. The smallest absolute Gasteiger partial charge is 0.266 e. The van der Waals surface area contributed by atoms with Crippen molar-refractivity contribution in [3.05, 3.63) is 82.6 Å². The maximum absolute atomic E-state index is 14.5. The standard InChI is InChI=1S/C24H19Cl2F2N3O2/c25-19-5-2-6-20(11-19)30-22(32)18-12-24(27,28)14-31(13-18)23(33)17-4-1-3-15(9-17)16-7-8-29-21(26)10-16/h1-11,18H,12-14H2,(H,30,32). The molecule has 1 fully saturated rings. The summed E-state index contributed by atoms with van der Waals surface area (Å²) < 4.78 is 29.0. The number of carbonyl (C=O) groups excluding carboxylic acids is 2. The number of hydrogen-bond donors (Lipinski definition) is 1. The fraction of sp³-hybridized carbons (Fsp3) is 0.208. The predicted molar refractivity (Wildman–Crippen MR) is 124 cm³/mol. The van der Waals surface area contributed by atoms with Gasteiger partial charge in [0.05, 0.1) is 12.5 Å². The minimum Gasteiger partial charge on any atom is -0.332 e. The average molecular weight is 490 g/mol. The van der Waals surface area contributed by atoms with Crippen LogP contribution >= 0.6 is 23.2 Å². The Balaban J connectivity index is 1.54. The van der Waals surface area contributed by atoms with Crippen molar-refractivity contribution in [1.29, 1.82) is 0 Å². The third-order valence-corrected chi connectivity index (χ3v) is 5.77. The molecule has 1 atom stereocenters. The van der Waals surface area contributed by atoms with E-state index in [1.807, 2.05) is 0 Å². The largest absolute Gasteiger partial charge is 0.332 e. The zero-order valence-corrected chi connectivity index (χ0v) is 18.8. The Labute approximate surface area is 199 Å². The summed E-state index contributed by atoms with van der Waals surface area (Å²) in [6.07, 6.45) is 0.902. The summed E-state index contributed by atoms with van der Waals surface area (Å²) in [4.78, 5) is 30.8. The molecule has 2 amide bonds. The quantitative estimate of drug-likeness (QED) is 0.471. The number of rotatable bonds is 4. The van der Waals surface area contributed by atoms with Crippen molar-refractivity contribution in [2.45, 2.75) is 12.3 Å². The molecule has 0 aliphatic carbocycles. The number of hydrogen-bond acceptors (Lipinski definition) is 3. The van der Waals surface area contributed by atoms with Gasteiger partial charge in [-0.2, -0.15) is 0 Å². The molecule has 0 saturated carbocycles. The lowest BCUT2D eigenvalue weighted by Crippen LogP contribution is -2.52. The molecule has 1 saturated heterocycles. The highest BCUT2D eigenvalue weighted by atomic mass is 35.5. The van der Waals surface area contributed by atoms with Gasteiger partial charge in [0.2, 0.25) is 5.91 Å². The Kier molecular flexibility index (Phi) is 6.63. The second-order valence-corrected chi connectivity index (χ2v) is 8.71. The highest BCUT2D eigenvalue weighted by molar-refractivity contribution is 6.31. The molecule has 4 rings (SSSR count). The molecule has 1 N–H and O–H groups in total. The minimum absolute atomic E-state index is 0.119. The van der Waals surface area contributed by atoms with E-state index in [9.17, 15) is 18.4 Å². The lowest BCUT2D eigenvalue weighted by atomic mass is 9.93. The van der Waals surface area contributed by atoms with Crippen molar-refractivity contribution in [2.24, 2.45) is 5.92 Å². The Morgan fingerprint density at radius 2 is 1.79 bits per heavy atom. The van der Waals surface area contributed by atoms with Gasteiger partial charge in [-0.25, -0.2) is 13.8 Å². The van der Waals surface area contributed by atoms with Crippen molar-refractivity contribution in [1.82, 2.24) is 9.88 Å². The molecule has 1 aliphatic heterocycles. The predicted octanol–water partition coefficient (Wildman–Crippen LogP) is 5.79. The van der Waals surface area contributed by atoms with E-state index in [0.717, 1.165) is 10.5 Å². The van der Waals surface area contributed by atoms with E-state index in [1.165, 1.54) is 6.07 Å². The molecule has 33 heavy (non-hydrogen) atoms. The van der Waals surface area contributed by atoms with Gasteiger partial charge in [0, 0.05) is 35.4 Å². The maximum atomic E-state index is 14.5. The highest BCUT2D eigenvalue weighted by Gasteiger charge is 2.44. The van der Waals surface area contributed by atoms with E-state index in [1.54, 1.807) is 60.8 Å². The highest BCUT2D eigenvalue weighted by Crippen LogP contribution is 2.33. The zero-order chi connectivity index (χ0) is 23.6. The number of pyridine rings is 1. The van der Waals surface area contributed by atoms with Gasteiger partial charge in [-0.1, -0.05) is 41.4 Å². The summed E-state index contributed by atoms with van der Waals surface area (Å²) in [6, 6.07) is 16.4. The van der Waals surface area contributed by atoms with Gasteiger partial charge in [0.25, 0.3) is 11.8 Å². The van der Waals surface area contributed by atoms with Crippen LogP contribution in [-0.4, -0.2) is 40.7 Å². The number of alkyl halides is 2. The van der Waals surface area contributed by atoms with Crippen LogP contribution in [0.25, 0.3) is 11.1 Å². The van der Waals surface area contributed by atoms with Crippen LogP contribution in [0.2, 0.25) is 10.2 Å². The number of likely N-dealkylation sites (tertiary alicyclic amines) is 1. The van der Waals surface area contributed by atoms with Crippen molar-refractivity contribution in [3.8, 4) is 11.1 Å². The molecule has 0 bridgehead atoms. The number of nitrogens with zero attached hydrogens (tertiary/aromatic N) is 2. The van der Waals surface area contributed by atoms with Gasteiger partial charge in [0.15, 0.2) is 0 Å². The van der Waals surface area contributed by atoms with E-state index < -0.39 is 36.6 Å². The molecule has 9 heteroatoms. The number of anilines is 1. The van der Waals surface area contributed by atoms with E-state index in [-0.39, 0.29) is 12.1 Å². The molecular weight excluding hydrogens is 471 g/mol. The lowest BCUT2D eigenvalue weighted by Gasteiger charge is -2.37. The van der Waals surface area contributed by atoms with Crippen LogP contribution in [0.15, 0.2) is 66.9 Å². The third-order valence-electron chi connectivity index (χ3n) is 5.33. The van der Waals surface area contributed by atoms with Crippen LogP contribution in [0.1, 0.15) is 16.8 Å². The number of nitrogens with one attached hydrogen (secondary N) is 1. The molecule has 1 aliphatic rings. The van der Waals surface area contributed by atoms with E-state index in [2.05, 4.69) is 10.3 Å². The summed E-state index contributed by atoms with van der Waals surface area (Å²) >= 11 is 11.9. The number of aromatic nitrogens is 1. The Morgan fingerprint density at radius 3 is 2.55 bits per heavy atom. The minimum atomic E-state index is -3.19. The molecule has 0 spiro atoms. The second-order valence-electron chi connectivity index (χ2n) is 7.89. The Hall–Kier alpha value is -3.03. The molecule has 0 radical (unpaired) electrons. The van der Waals surface area contributed by atoms with Gasteiger partial charge < -0.3 is 10.2 Å². The van der Waals surface area contributed by atoms with E-state index >= 15 is 0 Å². The second kappa shape index (κ2) is 9.45. The maximum Gasteiger partial charge on any atom is 0.266 e. The topological polar surface area (TPSA) is 62.3 Å². The SMILES string of the molecule is O=C(Nc1cccc(Cl)c1)C1CN(C(=O)c2cccc(-c3ccnc(Cl)c3)c2)CC(F)(F)C1. The number of carbonyl (C=O) groups is 2. The molecular formula is C24H19Cl2F2N3O2. The van der Waals surface area contributed by atoms with Gasteiger partial charge in [0.1, 0.15) is 5.15 Å². The summed E-state index contributed by atoms with van der Waals surface area (Å²) in [5.74, 6) is -5.43. The number of piperidine rings is 1. The van der Waals surface area contributed by atoms with Crippen LogP contribution in [0.3, 0.4) is 0 Å². The molecule has 1 aromatic heterocycles. The van der Waals surface area contributed by atoms with Crippen LogP contribution in [0, 0.1) is 5.92 Å². The van der Waals surface area contributed by atoms with E-state index in [4.69, 9.17) is 23.2 Å². The molecule has 5 nitrogen and oxygen atoms in total. The molecule has 2 heterocycles. The van der Waals surface area contributed by atoms with Crippen molar-refractivity contribution in [2.75, 3.05) is 18.4 Å². The summed E-state index contributed by atoms with van der Waals surface area (Å²) in [5.41, 5.74) is 2.09. The average Bonchev–Trinajstić information content (AvgIpc) is 2.77. The first-order valence-corrected chi connectivity index (χ1v) is 10.9. The summed E-state index contributed by atoms with van der Waals surface area (Å²) in [5, 5.41) is 3.32. The fourth-order valence-corrected chi connectivity index (χ4v) is 4.20. The van der Waals surface area contributed by atoms with Gasteiger partial charge in [-0.05, 0) is 53.6 Å². The summed E-state index contributed by atoms with van der Waals surface area (Å²) in [6.45, 7) is -0.871. The van der Waals surface area contributed by atoms with Gasteiger partial charge in [-0.15, -0.1) is 0 Å². The van der Waals surface area contributed by atoms with Crippen LogP contribution in [-0.2, 0) is 4.79 Å². The first-order valence-electron chi connectivity index (χ1n) is 10.2. The number of benzene rings is 2. The van der Waals surface area contributed by atoms with Crippen LogP contribution < -0.4 is 5.32 Å².